The molecule has 2 rings (SSSR count). The van der Waals surface area contributed by atoms with Crippen molar-refractivity contribution in [3.63, 3.8) is 0 Å². The van der Waals surface area contributed by atoms with Gasteiger partial charge < -0.3 is 15.1 Å². The zero-order valence-electron chi connectivity index (χ0n) is 12.1. The van der Waals surface area contributed by atoms with Gasteiger partial charge >= 0.3 is 0 Å². The number of rotatable bonds is 5. The fraction of sp³-hybridized carbons (Fsp3) is 0.600. The SMILES string of the molecule is CC1(C)CCC(NC(=O)CCNC(=O)c2ccoc2)C1. The lowest BCUT2D eigenvalue weighted by molar-refractivity contribution is -0.121. The summed E-state index contributed by atoms with van der Waals surface area (Å²) in [5, 5.41) is 5.73. The second-order valence-electron chi connectivity index (χ2n) is 6.19. The second-order valence-corrected chi connectivity index (χ2v) is 6.19. The van der Waals surface area contributed by atoms with Gasteiger partial charge in [0, 0.05) is 19.0 Å². The van der Waals surface area contributed by atoms with Crippen molar-refractivity contribution in [3.8, 4) is 0 Å². The summed E-state index contributed by atoms with van der Waals surface area (Å²) in [5.41, 5.74) is 0.802. The average Bonchev–Trinajstić information content (AvgIpc) is 2.98. The van der Waals surface area contributed by atoms with E-state index in [2.05, 4.69) is 24.5 Å². The predicted molar refractivity (Wildman–Crippen MR) is 75.2 cm³/mol. The molecule has 0 bridgehead atoms. The lowest BCUT2D eigenvalue weighted by Gasteiger charge is -2.17. The number of furan rings is 1. The van der Waals surface area contributed by atoms with Gasteiger partial charge in [-0.2, -0.15) is 0 Å². The Morgan fingerprint density at radius 1 is 1.45 bits per heavy atom. The largest absolute Gasteiger partial charge is 0.472 e. The maximum atomic E-state index is 11.8. The van der Waals surface area contributed by atoms with Crippen molar-refractivity contribution in [2.24, 2.45) is 5.41 Å². The smallest absolute Gasteiger partial charge is 0.254 e. The van der Waals surface area contributed by atoms with E-state index in [0.717, 1.165) is 19.3 Å². The van der Waals surface area contributed by atoms with Gasteiger partial charge in [-0.3, -0.25) is 9.59 Å². The van der Waals surface area contributed by atoms with Crippen molar-refractivity contribution in [2.75, 3.05) is 6.54 Å². The highest BCUT2D eigenvalue weighted by atomic mass is 16.3. The van der Waals surface area contributed by atoms with E-state index in [4.69, 9.17) is 4.42 Å². The molecule has 0 aliphatic heterocycles. The standard InChI is InChI=1S/C15H22N2O3/c1-15(2)6-3-12(9-15)17-13(18)4-7-16-14(19)11-5-8-20-10-11/h5,8,10,12H,3-4,6-7,9H2,1-2H3,(H,16,19)(H,17,18). The topological polar surface area (TPSA) is 71.3 Å². The number of nitrogens with one attached hydrogen (secondary N) is 2. The molecule has 0 aromatic carbocycles. The Balaban J connectivity index is 1.65. The molecule has 1 fully saturated rings. The van der Waals surface area contributed by atoms with Crippen LogP contribution in [0.2, 0.25) is 0 Å². The maximum absolute atomic E-state index is 11.8. The van der Waals surface area contributed by atoms with Gasteiger partial charge in [0.2, 0.25) is 5.91 Å². The normalized spacial score (nSPS) is 20.6. The monoisotopic (exact) mass is 278 g/mol. The number of hydrogen-bond donors (Lipinski definition) is 2. The first-order chi connectivity index (χ1) is 9.46. The number of carbonyl (C=O) groups excluding carboxylic acids is 2. The van der Waals surface area contributed by atoms with Gasteiger partial charge in [-0.15, -0.1) is 0 Å². The summed E-state index contributed by atoms with van der Waals surface area (Å²) >= 11 is 0. The van der Waals surface area contributed by atoms with Crippen LogP contribution in [0, 0.1) is 5.41 Å². The minimum Gasteiger partial charge on any atom is -0.472 e. The molecule has 2 N–H and O–H groups in total. The average molecular weight is 278 g/mol. The summed E-state index contributed by atoms with van der Waals surface area (Å²) in [4.78, 5) is 23.4. The minimum atomic E-state index is -0.214. The highest BCUT2D eigenvalue weighted by molar-refractivity contribution is 5.94. The summed E-state index contributed by atoms with van der Waals surface area (Å²) in [6, 6.07) is 1.87. The Labute approximate surface area is 119 Å². The fourth-order valence-electron chi connectivity index (χ4n) is 2.64. The first kappa shape index (κ1) is 14.6. The number of hydrogen-bond acceptors (Lipinski definition) is 3. The van der Waals surface area contributed by atoms with Crippen molar-refractivity contribution >= 4 is 11.8 Å². The first-order valence-electron chi connectivity index (χ1n) is 7.06. The molecular formula is C15H22N2O3. The zero-order chi connectivity index (χ0) is 14.6. The van der Waals surface area contributed by atoms with Gasteiger partial charge in [0.05, 0.1) is 11.8 Å². The molecule has 1 aromatic heterocycles. The van der Waals surface area contributed by atoms with Crippen LogP contribution >= 0.6 is 0 Å². The minimum absolute atomic E-state index is 0.000179. The van der Waals surface area contributed by atoms with Gasteiger partial charge in [0.25, 0.3) is 5.91 Å². The van der Waals surface area contributed by atoms with E-state index in [1.807, 2.05) is 0 Å². The lowest BCUT2D eigenvalue weighted by Crippen LogP contribution is -2.36. The molecule has 0 spiro atoms. The van der Waals surface area contributed by atoms with E-state index >= 15 is 0 Å². The van der Waals surface area contributed by atoms with Gasteiger partial charge in [0.1, 0.15) is 6.26 Å². The summed E-state index contributed by atoms with van der Waals surface area (Å²) in [7, 11) is 0. The number of amides is 2. The third kappa shape index (κ3) is 4.11. The Kier molecular flexibility index (Phi) is 4.47. The van der Waals surface area contributed by atoms with Crippen molar-refractivity contribution < 1.29 is 14.0 Å². The summed E-state index contributed by atoms with van der Waals surface area (Å²) in [6.45, 7) is 4.79. The van der Waals surface area contributed by atoms with Crippen molar-refractivity contribution in [1.29, 1.82) is 0 Å². The molecule has 1 atom stereocenters. The molecule has 0 radical (unpaired) electrons. The van der Waals surface area contributed by atoms with Crippen LogP contribution in [0.15, 0.2) is 23.0 Å². The van der Waals surface area contributed by atoms with E-state index in [1.54, 1.807) is 6.07 Å². The molecule has 5 nitrogen and oxygen atoms in total. The van der Waals surface area contributed by atoms with Crippen LogP contribution in [0.5, 0.6) is 0 Å². The zero-order valence-corrected chi connectivity index (χ0v) is 12.1. The molecule has 1 aliphatic rings. The molecular weight excluding hydrogens is 256 g/mol. The van der Waals surface area contributed by atoms with Crippen LogP contribution in [0.25, 0.3) is 0 Å². The van der Waals surface area contributed by atoms with Gasteiger partial charge in [-0.05, 0) is 30.7 Å². The lowest BCUT2D eigenvalue weighted by atomic mass is 9.92. The molecule has 0 saturated heterocycles. The molecule has 1 saturated carbocycles. The molecule has 5 heteroatoms. The van der Waals surface area contributed by atoms with Crippen LogP contribution in [0.1, 0.15) is 49.9 Å². The molecule has 1 aromatic rings. The first-order valence-corrected chi connectivity index (χ1v) is 7.06. The van der Waals surface area contributed by atoms with Crippen molar-refractivity contribution in [3.05, 3.63) is 24.2 Å². The van der Waals surface area contributed by atoms with Gasteiger partial charge in [-0.1, -0.05) is 13.8 Å². The predicted octanol–water partition coefficient (Wildman–Crippen LogP) is 2.09. The fourth-order valence-corrected chi connectivity index (χ4v) is 2.64. The van der Waals surface area contributed by atoms with Crippen molar-refractivity contribution in [1.82, 2.24) is 10.6 Å². The Morgan fingerprint density at radius 3 is 2.85 bits per heavy atom. The van der Waals surface area contributed by atoms with E-state index < -0.39 is 0 Å². The van der Waals surface area contributed by atoms with Gasteiger partial charge in [0.15, 0.2) is 0 Å². The van der Waals surface area contributed by atoms with Crippen LogP contribution in [0.3, 0.4) is 0 Å². The second kappa shape index (κ2) is 6.11. The molecule has 110 valence electrons. The molecule has 20 heavy (non-hydrogen) atoms. The summed E-state index contributed by atoms with van der Waals surface area (Å²) in [6.07, 6.45) is 6.36. The Bertz CT molecular complexity index is 465. The third-order valence-corrected chi connectivity index (χ3v) is 3.75. The highest BCUT2D eigenvalue weighted by Crippen LogP contribution is 2.36. The highest BCUT2D eigenvalue weighted by Gasteiger charge is 2.31. The van der Waals surface area contributed by atoms with Crippen LogP contribution in [-0.4, -0.2) is 24.4 Å². The third-order valence-electron chi connectivity index (χ3n) is 3.75. The molecule has 1 heterocycles. The van der Waals surface area contributed by atoms with E-state index in [9.17, 15) is 9.59 Å². The van der Waals surface area contributed by atoms with Crippen molar-refractivity contribution in [2.45, 2.75) is 45.6 Å². The van der Waals surface area contributed by atoms with Crippen LogP contribution in [-0.2, 0) is 4.79 Å². The van der Waals surface area contributed by atoms with E-state index in [-0.39, 0.29) is 17.9 Å². The molecule has 2 amide bonds. The summed E-state index contributed by atoms with van der Waals surface area (Å²) < 4.78 is 4.83. The maximum Gasteiger partial charge on any atom is 0.254 e. The molecule has 1 aliphatic carbocycles. The van der Waals surface area contributed by atoms with E-state index in [1.165, 1.54) is 12.5 Å². The van der Waals surface area contributed by atoms with E-state index in [0.29, 0.717) is 23.9 Å². The van der Waals surface area contributed by atoms with Crippen LogP contribution < -0.4 is 10.6 Å². The van der Waals surface area contributed by atoms with Crippen LogP contribution in [0.4, 0.5) is 0 Å². The molecule has 1 unspecified atom stereocenters. The quantitative estimate of drug-likeness (QED) is 0.866. The summed E-state index contributed by atoms with van der Waals surface area (Å²) in [5.74, 6) is -0.214. The number of carbonyl (C=O) groups is 2. The Hall–Kier alpha value is -1.78. The Morgan fingerprint density at radius 2 is 2.25 bits per heavy atom. The van der Waals surface area contributed by atoms with Gasteiger partial charge in [-0.25, -0.2) is 0 Å².